The highest BCUT2D eigenvalue weighted by Crippen LogP contribution is 2.27. The quantitative estimate of drug-likeness (QED) is 0.547. The summed E-state index contributed by atoms with van der Waals surface area (Å²) in [5.74, 6) is 1.79. The number of rotatable bonds is 7. The Kier molecular flexibility index (Phi) is 6.47. The molecule has 3 aromatic rings. The minimum Gasteiger partial charge on any atom is -0.339 e. The summed E-state index contributed by atoms with van der Waals surface area (Å²) in [7, 11) is 0. The highest BCUT2D eigenvalue weighted by Gasteiger charge is 2.14. The number of carbonyl (C=O) groups is 1. The van der Waals surface area contributed by atoms with Gasteiger partial charge in [0.15, 0.2) is 0 Å². The molecule has 29 heavy (non-hydrogen) atoms. The van der Waals surface area contributed by atoms with Crippen LogP contribution in [0, 0.1) is 6.92 Å². The molecule has 5 nitrogen and oxygen atoms in total. The lowest BCUT2D eigenvalue weighted by atomic mass is 9.98. The van der Waals surface area contributed by atoms with Gasteiger partial charge in [0.25, 0.3) is 0 Å². The van der Waals surface area contributed by atoms with Gasteiger partial charge < -0.3 is 9.84 Å². The van der Waals surface area contributed by atoms with Gasteiger partial charge in [-0.15, -0.1) is 0 Å². The number of para-hydroxylation sites is 1. The van der Waals surface area contributed by atoms with Gasteiger partial charge in [-0.05, 0) is 35.4 Å². The van der Waals surface area contributed by atoms with Crippen LogP contribution in [0.2, 0.25) is 0 Å². The smallest absolute Gasteiger partial charge is 0.227 e. The molecule has 0 unspecified atom stereocenters. The van der Waals surface area contributed by atoms with Crippen LogP contribution in [-0.4, -0.2) is 16.0 Å². The Morgan fingerprint density at radius 3 is 2.41 bits per heavy atom. The van der Waals surface area contributed by atoms with E-state index in [1.54, 1.807) is 0 Å². The fourth-order valence-corrected chi connectivity index (χ4v) is 3.26. The maximum atomic E-state index is 12.5. The first-order valence-electron chi connectivity index (χ1n) is 10.2. The number of carbonyl (C=O) groups excluding carboxylic acids is 1. The maximum absolute atomic E-state index is 12.5. The molecule has 0 bridgehead atoms. The van der Waals surface area contributed by atoms with Crippen LogP contribution in [0.25, 0.3) is 11.4 Å². The first-order valence-corrected chi connectivity index (χ1v) is 10.2. The van der Waals surface area contributed by atoms with Gasteiger partial charge in [-0.2, -0.15) is 4.98 Å². The summed E-state index contributed by atoms with van der Waals surface area (Å²) in [6, 6.07) is 14.3. The van der Waals surface area contributed by atoms with Crippen molar-refractivity contribution in [2.24, 2.45) is 0 Å². The summed E-state index contributed by atoms with van der Waals surface area (Å²) >= 11 is 0. The Labute approximate surface area is 172 Å². The molecule has 0 aliphatic heterocycles. The zero-order valence-electron chi connectivity index (χ0n) is 17.8. The molecule has 5 heteroatoms. The molecule has 3 rings (SSSR count). The molecule has 1 amide bonds. The predicted molar refractivity (Wildman–Crippen MR) is 116 cm³/mol. The van der Waals surface area contributed by atoms with Gasteiger partial charge in [-0.1, -0.05) is 75.3 Å². The van der Waals surface area contributed by atoms with Gasteiger partial charge in [-0.3, -0.25) is 4.79 Å². The van der Waals surface area contributed by atoms with Crippen LogP contribution in [0.5, 0.6) is 0 Å². The van der Waals surface area contributed by atoms with Gasteiger partial charge in [0.2, 0.25) is 17.6 Å². The molecular weight excluding hydrogens is 362 g/mol. The van der Waals surface area contributed by atoms with Crippen molar-refractivity contribution in [1.82, 2.24) is 10.1 Å². The second-order valence-electron chi connectivity index (χ2n) is 8.03. The van der Waals surface area contributed by atoms with Crippen molar-refractivity contribution in [2.45, 2.75) is 59.3 Å². The average Bonchev–Trinajstić information content (AvgIpc) is 3.17. The minimum absolute atomic E-state index is 0.0535. The van der Waals surface area contributed by atoms with E-state index in [1.807, 2.05) is 31.2 Å². The number of anilines is 1. The Hall–Kier alpha value is -2.95. The van der Waals surface area contributed by atoms with E-state index in [9.17, 15) is 4.79 Å². The van der Waals surface area contributed by atoms with Gasteiger partial charge in [0, 0.05) is 24.1 Å². The molecule has 0 fully saturated rings. The molecule has 0 atom stereocenters. The minimum atomic E-state index is -0.0535. The molecule has 1 heterocycles. The van der Waals surface area contributed by atoms with Crippen molar-refractivity contribution in [3.63, 3.8) is 0 Å². The predicted octanol–water partition coefficient (Wildman–Crippen LogP) is 5.86. The molecule has 1 aromatic heterocycles. The summed E-state index contributed by atoms with van der Waals surface area (Å²) in [4.78, 5) is 16.9. The number of hydrogen-bond acceptors (Lipinski definition) is 4. The SMILES string of the molecule is Cc1cccc(C(C)C)c1NC(=O)CCc1nc(-c2ccc(C(C)C)cc2)no1. The molecule has 0 radical (unpaired) electrons. The van der Waals surface area contributed by atoms with Crippen molar-refractivity contribution < 1.29 is 9.32 Å². The topological polar surface area (TPSA) is 68.0 Å². The van der Waals surface area contributed by atoms with Crippen molar-refractivity contribution in [3.8, 4) is 11.4 Å². The standard InChI is InChI=1S/C24H29N3O2/c1-15(2)18-9-11-19(12-10-18)24-26-22(29-27-24)14-13-21(28)25-23-17(5)7-6-8-20(23)16(3)4/h6-12,15-16H,13-14H2,1-5H3,(H,25,28). The number of amides is 1. The highest BCUT2D eigenvalue weighted by molar-refractivity contribution is 5.92. The van der Waals surface area contributed by atoms with E-state index >= 15 is 0 Å². The Morgan fingerprint density at radius 2 is 1.76 bits per heavy atom. The summed E-state index contributed by atoms with van der Waals surface area (Å²) in [6.45, 7) is 10.6. The third kappa shape index (κ3) is 5.11. The van der Waals surface area contributed by atoms with Gasteiger partial charge in [0.05, 0.1) is 0 Å². The van der Waals surface area contributed by atoms with Crippen LogP contribution < -0.4 is 5.32 Å². The van der Waals surface area contributed by atoms with Gasteiger partial charge in [-0.25, -0.2) is 0 Å². The summed E-state index contributed by atoms with van der Waals surface area (Å²) in [5, 5.41) is 7.11. The molecule has 1 N–H and O–H groups in total. The summed E-state index contributed by atoms with van der Waals surface area (Å²) in [5.41, 5.74) is 5.29. The number of aromatic nitrogens is 2. The van der Waals surface area contributed by atoms with E-state index in [2.05, 4.69) is 61.4 Å². The van der Waals surface area contributed by atoms with Gasteiger partial charge >= 0.3 is 0 Å². The molecule has 0 spiro atoms. The lowest BCUT2D eigenvalue weighted by Crippen LogP contribution is -2.15. The average molecular weight is 392 g/mol. The zero-order chi connectivity index (χ0) is 21.0. The van der Waals surface area contributed by atoms with E-state index < -0.39 is 0 Å². The molecule has 152 valence electrons. The largest absolute Gasteiger partial charge is 0.339 e. The molecule has 0 aliphatic rings. The maximum Gasteiger partial charge on any atom is 0.227 e. The second kappa shape index (κ2) is 9.03. The first-order chi connectivity index (χ1) is 13.8. The monoisotopic (exact) mass is 391 g/mol. The van der Waals surface area contributed by atoms with Crippen LogP contribution in [0.4, 0.5) is 5.69 Å². The van der Waals surface area contributed by atoms with Crippen LogP contribution >= 0.6 is 0 Å². The van der Waals surface area contributed by atoms with E-state index in [0.717, 1.165) is 22.4 Å². The third-order valence-corrected chi connectivity index (χ3v) is 5.06. The highest BCUT2D eigenvalue weighted by atomic mass is 16.5. The number of aryl methyl sites for hydroxylation is 2. The first kappa shape index (κ1) is 20.8. The van der Waals surface area contributed by atoms with Crippen LogP contribution in [0.15, 0.2) is 47.0 Å². The Morgan fingerprint density at radius 1 is 1.03 bits per heavy atom. The molecule has 0 saturated carbocycles. The number of hydrogen-bond donors (Lipinski definition) is 1. The van der Waals surface area contributed by atoms with Crippen molar-refractivity contribution in [1.29, 1.82) is 0 Å². The fourth-order valence-electron chi connectivity index (χ4n) is 3.26. The fraction of sp³-hybridized carbons (Fsp3) is 0.375. The zero-order valence-corrected chi connectivity index (χ0v) is 17.8. The normalized spacial score (nSPS) is 11.3. The van der Waals surface area contributed by atoms with E-state index in [4.69, 9.17) is 4.52 Å². The summed E-state index contributed by atoms with van der Waals surface area (Å²) in [6.07, 6.45) is 0.700. The van der Waals surface area contributed by atoms with E-state index in [1.165, 1.54) is 5.56 Å². The van der Waals surface area contributed by atoms with Crippen LogP contribution in [0.1, 0.15) is 68.5 Å². The Balaban J connectivity index is 1.62. The molecule has 0 aliphatic carbocycles. The number of nitrogens with zero attached hydrogens (tertiary/aromatic N) is 2. The second-order valence-corrected chi connectivity index (χ2v) is 8.03. The van der Waals surface area contributed by atoms with Crippen molar-refractivity contribution >= 4 is 11.6 Å². The Bertz CT molecular complexity index is 972. The number of benzene rings is 2. The van der Waals surface area contributed by atoms with Crippen molar-refractivity contribution in [3.05, 3.63) is 65.0 Å². The van der Waals surface area contributed by atoms with E-state index in [-0.39, 0.29) is 5.91 Å². The summed E-state index contributed by atoms with van der Waals surface area (Å²) < 4.78 is 5.34. The molecular formula is C24H29N3O2. The third-order valence-electron chi connectivity index (χ3n) is 5.06. The lowest BCUT2D eigenvalue weighted by molar-refractivity contribution is -0.116. The number of nitrogens with one attached hydrogen (secondary N) is 1. The van der Waals surface area contributed by atoms with Gasteiger partial charge in [0.1, 0.15) is 0 Å². The molecule has 2 aromatic carbocycles. The molecule has 0 saturated heterocycles. The van der Waals surface area contributed by atoms with E-state index in [0.29, 0.717) is 36.4 Å². The lowest BCUT2D eigenvalue weighted by Gasteiger charge is -2.16. The van der Waals surface area contributed by atoms with Crippen molar-refractivity contribution in [2.75, 3.05) is 5.32 Å². The van der Waals surface area contributed by atoms with Crippen LogP contribution in [-0.2, 0) is 11.2 Å². The van der Waals surface area contributed by atoms with Crippen LogP contribution in [0.3, 0.4) is 0 Å².